The van der Waals surface area contributed by atoms with Crippen molar-refractivity contribution in [1.82, 2.24) is 4.90 Å². The standard InChI is InChI=1S/C14H27N3O2/c1-12(2)8-17(9-13(3,4)19-12)10-5-6-14(16,7-10)11(15)18/h10H,5-9,16H2,1-4H3,(H2,15,18). The highest BCUT2D eigenvalue weighted by Gasteiger charge is 2.47. The molecule has 0 aromatic heterocycles. The summed E-state index contributed by atoms with van der Waals surface area (Å²) in [6.07, 6.45) is 2.28. The third kappa shape index (κ3) is 3.09. The first kappa shape index (κ1) is 14.8. The van der Waals surface area contributed by atoms with Gasteiger partial charge in [0.2, 0.25) is 5.91 Å². The number of hydrogen-bond acceptors (Lipinski definition) is 4. The van der Waals surface area contributed by atoms with Gasteiger partial charge in [-0.05, 0) is 47.0 Å². The summed E-state index contributed by atoms with van der Waals surface area (Å²) in [5, 5.41) is 0. The van der Waals surface area contributed by atoms with Gasteiger partial charge < -0.3 is 16.2 Å². The molecule has 1 aliphatic carbocycles. The summed E-state index contributed by atoms with van der Waals surface area (Å²) < 4.78 is 6.09. The maximum absolute atomic E-state index is 11.5. The van der Waals surface area contributed by atoms with Crippen LogP contribution < -0.4 is 11.5 Å². The number of carbonyl (C=O) groups excluding carboxylic acids is 1. The SMILES string of the molecule is CC1(C)CN(C2CCC(N)(C(N)=O)C2)CC(C)(C)O1. The van der Waals surface area contributed by atoms with Crippen LogP contribution in [0.25, 0.3) is 0 Å². The first-order valence-electron chi connectivity index (χ1n) is 7.06. The van der Waals surface area contributed by atoms with Crippen molar-refractivity contribution in [2.75, 3.05) is 13.1 Å². The Kier molecular flexibility index (Phi) is 3.44. The second kappa shape index (κ2) is 4.43. The van der Waals surface area contributed by atoms with Gasteiger partial charge in [0.25, 0.3) is 0 Å². The van der Waals surface area contributed by atoms with Crippen molar-refractivity contribution >= 4 is 5.91 Å². The third-order valence-corrected chi connectivity index (χ3v) is 4.25. The van der Waals surface area contributed by atoms with E-state index < -0.39 is 5.54 Å². The lowest BCUT2D eigenvalue weighted by Crippen LogP contribution is -2.60. The molecule has 0 bridgehead atoms. The van der Waals surface area contributed by atoms with Crippen molar-refractivity contribution in [2.45, 2.75) is 69.7 Å². The summed E-state index contributed by atoms with van der Waals surface area (Å²) in [5.41, 5.74) is 10.4. The summed E-state index contributed by atoms with van der Waals surface area (Å²) in [5.74, 6) is -0.373. The quantitative estimate of drug-likeness (QED) is 0.769. The number of nitrogens with zero attached hydrogens (tertiary/aromatic N) is 1. The van der Waals surface area contributed by atoms with Crippen LogP contribution in [0.4, 0.5) is 0 Å². The Hall–Kier alpha value is -0.650. The predicted octanol–water partition coefficient (Wildman–Crippen LogP) is 0.611. The fraction of sp³-hybridized carbons (Fsp3) is 0.929. The van der Waals surface area contributed by atoms with Gasteiger partial charge in [0.1, 0.15) is 0 Å². The van der Waals surface area contributed by atoms with E-state index in [4.69, 9.17) is 16.2 Å². The molecule has 2 aliphatic rings. The van der Waals surface area contributed by atoms with Gasteiger partial charge in [0.05, 0.1) is 16.7 Å². The van der Waals surface area contributed by atoms with Crippen LogP contribution in [0.2, 0.25) is 0 Å². The highest BCUT2D eigenvalue weighted by atomic mass is 16.5. The number of morpholine rings is 1. The Bertz CT molecular complexity index is 365. The van der Waals surface area contributed by atoms with Gasteiger partial charge in [-0.3, -0.25) is 9.69 Å². The predicted molar refractivity (Wildman–Crippen MR) is 74.6 cm³/mol. The van der Waals surface area contributed by atoms with Crippen LogP contribution in [0.1, 0.15) is 47.0 Å². The second-order valence-electron chi connectivity index (χ2n) is 7.44. The van der Waals surface area contributed by atoms with E-state index >= 15 is 0 Å². The Balaban J connectivity index is 2.09. The molecule has 0 aromatic rings. The molecule has 4 N–H and O–H groups in total. The highest BCUT2D eigenvalue weighted by molar-refractivity contribution is 5.84. The summed E-state index contributed by atoms with van der Waals surface area (Å²) in [6, 6.07) is 0.333. The number of amides is 1. The van der Waals surface area contributed by atoms with Crippen molar-refractivity contribution in [2.24, 2.45) is 11.5 Å². The number of hydrogen-bond donors (Lipinski definition) is 2. The molecule has 0 spiro atoms. The normalized spacial score (nSPS) is 38.3. The van der Waals surface area contributed by atoms with Crippen LogP contribution in [-0.2, 0) is 9.53 Å². The van der Waals surface area contributed by atoms with E-state index in [2.05, 4.69) is 32.6 Å². The minimum absolute atomic E-state index is 0.172. The zero-order valence-corrected chi connectivity index (χ0v) is 12.5. The van der Waals surface area contributed by atoms with Crippen LogP contribution >= 0.6 is 0 Å². The molecule has 5 nitrogen and oxygen atoms in total. The molecule has 0 radical (unpaired) electrons. The van der Waals surface area contributed by atoms with Crippen molar-refractivity contribution in [1.29, 1.82) is 0 Å². The highest BCUT2D eigenvalue weighted by Crippen LogP contribution is 2.36. The lowest BCUT2D eigenvalue weighted by atomic mass is 9.95. The molecule has 110 valence electrons. The first-order valence-corrected chi connectivity index (χ1v) is 7.06. The average Bonchev–Trinajstić information content (AvgIpc) is 2.57. The van der Waals surface area contributed by atoms with Crippen LogP contribution in [0.5, 0.6) is 0 Å². The van der Waals surface area contributed by atoms with Gasteiger partial charge in [-0.15, -0.1) is 0 Å². The average molecular weight is 269 g/mol. The molecule has 5 heteroatoms. The van der Waals surface area contributed by atoms with Gasteiger partial charge in [0, 0.05) is 19.1 Å². The van der Waals surface area contributed by atoms with Gasteiger partial charge in [0.15, 0.2) is 0 Å². The third-order valence-electron chi connectivity index (χ3n) is 4.25. The minimum atomic E-state index is -0.822. The number of rotatable bonds is 2. The van der Waals surface area contributed by atoms with E-state index in [0.29, 0.717) is 18.9 Å². The van der Waals surface area contributed by atoms with Crippen molar-refractivity contribution in [3.63, 3.8) is 0 Å². The monoisotopic (exact) mass is 269 g/mol. The maximum Gasteiger partial charge on any atom is 0.237 e. The minimum Gasteiger partial charge on any atom is -0.368 e. The molecule has 1 heterocycles. The van der Waals surface area contributed by atoms with Crippen molar-refractivity contribution < 1.29 is 9.53 Å². The molecule has 1 aliphatic heterocycles. The molecular weight excluding hydrogens is 242 g/mol. The van der Waals surface area contributed by atoms with Crippen LogP contribution in [0, 0.1) is 0 Å². The van der Waals surface area contributed by atoms with E-state index in [0.717, 1.165) is 19.5 Å². The molecule has 2 atom stereocenters. The molecule has 1 saturated carbocycles. The van der Waals surface area contributed by atoms with Crippen molar-refractivity contribution in [3.05, 3.63) is 0 Å². The fourth-order valence-electron chi connectivity index (χ4n) is 3.69. The fourth-order valence-corrected chi connectivity index (χ4v) is 3.69. The van der Waals surface area contributed by atoms with Crippen LogP contribution in [-0.4, -0.2) is 46.7 Å². The topological polar surface area (TPSA) is 81.6 Å². The van der Waals surface area contributed by atoms with E-state index in [1.807, 2.05) is 0 Å². The summed E-state index contributed by atoms with van der Waals surface area (Å²) in [6.45, 7) is 10.2. The summed E-state index contributed by atoms with van der Waals surface area (Å²) in [7, 11) is 0. The summed E-state index contributed by atoms with van der Waals surface area (Å²) in [4.78, 5) is 13.9. The van der Waals surface area contributed by atoms with E-state index in [-0.39, 0.29) is 17.1 Å². The lowest BCUT2D eigenvalue weighted by Gasteiger charge is -2.49. The zero-order chi connectivity index (χ0) is 14.5. The second-order valence-corrected chi connectivity index (χ2v) is 7.44. The number of nitrogens with two attached hydrogens (primary N) is 2. The molecule has 2 fully saturated rings. The molecular formula is C14H27N3O2. The Labute approximate surface area is 115 Å². The van der Waals surface area contributed by atoms with E-state index in [1.54, 1.807) is 0 Å². The zero-order valence-electron chi connectivity index (χ0n) is 12.5. The summed E-state index contributed by atoms with van der Waals surface area (Å²) >= 11 is 0. The molecule has 19 heavy (non-hydrogen) atoms. The van der Waals surface area contributed by atoms with E-state index in [1.165, 1.54) is 0 Å². The molecule has 1 amide bonds. The molecule has 2 rings (SSSR count). The van der Waals surface area contributed by atoms with Crippen molar-refractivity contribution in [3.8, 4) is 0 Å². The first-order chi connectivity index (χ1) is 8.53. The molecule has 2 unspecified atom stereocenters. The Morgan fingerprint density at radius 1 is 1.21 bits per heavy atom. The Morgan fingerprint density at radius 2 is 1.74 bits per heavy atom. The number of ether oxygens (including phenoxy) is 1. The molecule has 0 aromatic carbocycles. The largest absolute Gasteiger partial charge is 0.368 e. The van der Waals surface area contributed by atoms with Gasteiger partial charge in [-0.25, -0.2) is 0 Å². The van der Waals surface area contributed by atoms with Gasteiger partial charge in [-0.2, -0.15) is 0 Å². The van der Waals surface area contributed by atoms with E-state index in [9.17, 15) is 4.79 Å². The smallest absolute Gasteiger partial charge is 0.237 e. The van der Waals surface area contributed by atoms with Gasteiger partial charge in [-0.1, -0.05) is 0 Å². The molecule has 1 saturated heterocycles. The Morgan fingerprint density at radius 3 is 2.16 bits per heavy atom. The van der Waals surface area contributed by atoms with Crippen LogP contribution in [0.3, 0.4) is 0 Å². The number of primary amides is 1. The lowest BCUT2D eigenvalue weighted by molar-refractivity contribution is -0.187. The van der Waals surface area contributed by atoms with Crippen LogP contribution in [0.15, 0.2) is 0 Å². The maximum atomic E-state index is 11.5. The van der Waals surface area contributed by atoms with Gasteiger partial charge >= 0.3 is 0 Å². The number of carbonyl (C=O) groups is 1.